The van der Waals surface area contributed by atoms with E-state index in [2.05, 4.69) is 43.6 Å². The zero-order chi connectivity index (χ0) is 7.49. The van der Waals surface area contributed by atoms with Gasteiger partial charge in [0, 0.05) is 5.33 Å². The zero-order valence-corrected chi connectivity index (χ0v) is 8.46. The van der Waals surface area contributed by atoms with Gasteiger partial charge in [0.1, 0.15) is 0 Å². The summed E-state index contributed by atoms with van der Waals surface area (Å²) in [4.78, 5) is 0. The maximum absolute atomic E-state index is 3.45. The topological polar surface area (TPSA) is 0 Å². The first-order valence-electron chi connectivity index (χ1n) is 3.56. The highest BCUT2D eigenvalue weighted by molar-refractivity contribution is 9.09. The molecule has 56 valence electrons. The second-order valence-corrected chi connectivity index (χ2v) is 4.38. The molecule has 0 aromatic carbocycles. The highest BCUT2D eigenvalue weighted by Gasteiger charge is 2.20. The van der Waals surface area contributed by atoms with Crippen LogP contribution < -0.4 is 0 Å². The van der Waals surface area contributed by atoms with Crippen molar-refractivity contribution in [3.63, 3.8) is 0 Å². The summed E-state index contributed by atoms with van der Waals surface area (Å²) in [5.74, 6) is 0.787. The maximum atomic E-state index is 3.45. The van der Waals surface area contributed by atoms with E-state index in [4.69, 9.17) is 0 Å². The minimum Gasteiger partial charge on any atom is -0.0928 e. The second kappa shape index (κ2) is 3.60. The van der Waals surface area contributed by atoms with Gasteiger partial charge in [0.25, 0.3) is 0 Å². The maximum Gasteiger partial charge on any atom is 0.00364 e. The lowest BCUT2D eigenvalue weighted by Gasteiger charge is -2.28. The van der Waals surface area contributed by atoms with Gasteiger partial charge in [-0.25, -0.2) is 0 Å². The third-order valence-corrected chi connectivity index (χ3v) is 2.70. The fourth-order valence-corrected chi connectivity index (χ4v) is 1.55. The normalized spacial score (nSPS) is 12.7. The van der Waals surface area contributed by atoms with Crippen molar-refractivity contribution in [2.45, 2.75) is 34.1 Å². The zero-order valence-electron chi connectivity index (χ0n) is 6.87. The van der Waals surface area contributed by atoms with Gasteiger partial charge in [0.15, 0.2) is 0 Å². The van der Waals surface area contributed by atoms with Crippen LogP contribution in [0.4, 0.5) is 0 Å². The number of alkyl halides is 1. The highest BCUT2D eigenvalue weighted by Crippen LogP contribution is 2.30. The minimum atomic E-state index is 0.503. The first-order chi connectivity index (χ1) is 4.00. The van der Waals surface area contributed by atoms with Crippen LogP contribution in [0.5, 0.6) is 0 Å². The summed E-state index contributed by atoms with van der Waals surface area (Å²) >= 11 is 3.45. The van der Waals surface area contributed by atoms with Crippen LogP contribution >= 0.6 is 15.9 Å². The summed E-state index contributed by atoms with van der Waals surface area (Å²) in [5, 5.41) is 1.12. The molecule has 0 unspecified atom stereocenters. The number of hydrogen-bond acceptors (Lipinski definition) is 0. The van der Waals surface area contributed by atoms with Crippen molar-refractivity contribution < 1.29 is 0 Å². The van der Waals surface area contributed by atoms with Gasteiger partial charge in [-0.05, 0) is 17.8 Å². The van der Waals surface area contributed by atoms with Gasteiger partial charge in [0.05, 0.1) is 0 Å². The van der Waals surface area contributed by atoms with E-state index in [1.165, 1.54) is 6.42 Å². The van der Waals surface area contributed by atoms with Crippen molar-refractivity contribution in [1.82, 2.24) is 0 Å². The van der Waals surface area contributed by atoms with Crippen molar-refractivity contribution in [3.05, 3.63) is 0 Å². The van der Waals surface area contributed by atoms with E-state index in [1.807, 2.05) is 0 Å². The lowest BCUT2D eigenvalue weighted by atomic mass is 9.79. The van der Waals surface area contributed by atoms with E-state index >= 15 is 0 Å². The molecular weight excluding hydrogens is 176 g/mol. The predicted molar refractivity (Wildman–Crippen MR) is 47.0 cm³/mol. The summed E-state index contributed by atoms with van der Waals surface area (Å²) < 4.78 is 0. The molecule has 1 heteroatoms. The molecule has 0 aliphatic heterocycles. The Bertz CT molecular complexity index is 74.6. The molecule has 0 rings (SSSR count). The van der Waals surface area contributed by atoms with Gasteiger partial charge >= 0.3 is 0 Å². The fourth-order valence-electron chi connectivity index (χ4n) is 0.532. The Morgan fingerprint density at radius 2 is 1.78 bits per heavy atom. The van der Waals surface area contributed by atoms with Crippen LogP contribution in [-0.4, -0.2) is 5.33 Å². The molecule has 0 aromatic rings. The monoisotopic (exact) mass is 192 g/mol. The predicted octanol–water partition coefficient (Wildman–Crippen LogP) is 3.45. The second-order valence-electron chi connectivity index (χ2n) is 3.58. The van der Waals surface area contributed by atoms with Crippen molar-refractivity contribution >= 4 is 15.9 Å². The summed E-state index contributed by atoms with van der Waals surface area (Å²) in [5.41, 5.74) is 0.503. The van der Waals surface area contributed by atoms with E-state index in [9.17, 15) is 0 Å². The number of rotatable bonds is 3. The van der Waals surface area contributed by atoms with Crippen LogP contribution in [0.15, 0.2) is 0 Å². The quantitative estimate of drug-likeness (QED) is 0.602. The first-order valence-corrected chi connectivity index (χ1v) is 4.69. The largest absolute Gasteiger partial charge is 0.0928 e. The highest BCUT2D eigenvalue weighted by atomic mass is 79.9. The third kappa shape index (κ3) is 3.24. The Hall–Kier alpha value is 0.480. The molecule has 0 atom stereocenters. The van der Waals surface area contributed by atoms with E-state index in [0.29, 0.717) is 5.41 Å². The average molecular weight is 193 g/mol. The van der Waals surface area contributed by atoms with E-state index in [1.54, 1.807) is 0 Å². The molecule has 0 nitrogen and oxygen atoms in total. The molecule has 9 heavy (non-hydrogen) atoms. The molecule has 0 amide bonds. The van der Waals surface area contributed by atoms with E-state index < -0.39 is 0 Å². The average Bonchev–Trinajstić information content (AvgIpc) is 1.65. The third-order valence-electron chi connectivity index (χ3n) is 2.30. The fraction of sp³-hybridized carbons (Fsp3) is 1.00. The van der Waals surface area contributed by atoms with E-state index in [0.717, 1.165) is 11.2 Å². The lowest BCUT2D eigenvalue weighted by molar-refractivity contribution is 0.243. The van der Waals surface area contributed by atoms with Crippen molar-refractivity contribution in [3.8, 4) is 0 Å². The first kappa shape index (κ1) is 9.48. The molecule has 0 radical (unpaired) electrons. The molecule has 0 N–H and O–H groups in total. The molecule has 0 spiro atoms. The molecule has 0 heterocycles. The van der Waals surface area contributed by atoms with Gasteiger partial charge in [-0.15, -0.1) is 0 Å². The standard InChI is InChI=1S/C8H17Br/c1-7(2)8(3,4)5-6-9/h7H,5-6H2,1-4H3. The molecule has 0 saturated heterocycles. The Morgan fingerprint density at radius 3 is 1.89 bits per heavy atom. The molecule has 0 fully saturated rings. The molecule has 0 bridgehead atoms. The molecule has 0 aliphatic carbocycles. The SMILES string of the molecule is CC(C)C(C)(C)CCBr. The summed E-state index contributed by atoms with van der Waals surface area (Å²) in [6.45, 7) is 9.20. The van der Waals surface area contributed by atoms with Crippen molar-refractivity contribution in [2.75, 3.05) is 5.33 Å². The van der Waals surface area contributed by atoms with Gasteiger partial charge in [-0.3, -0.25) is 0 Å². The van der Waals surface area contributed by atoms with E-state index in [-0.39, 0.29) is 0 Å². The number of halogens is 1. The Labute approximate surface area is 67.2 Å². The van der Waals surface area contributed by atoms with Gasteiger partial charge in [-0.2, -0.15) is 0 Å². The van der Waals surface area contributed by atoms with Crippen LogP contribution in [0.1, 0.15) is 34.1 Å². The van der Waals surface area contributed by atoms with Crippen LogP contribution in [0.2, 0.25) is 0 Å². The molecular formula is C8H17Br. The lowest BCUT2D eigenvalue weighted by Crippen LogP contribution is -2.19. The van der Waals surface area contributed by atoms with Crippen LogP contribution in [0.25, 0.3) is 0 Å². The Kier molecular flexibility index (Phi) is 3.79. The number of hydrogen-bond donors (Lipinski definition) is 0. The Balaban J connectivity index is 3.70. The Morgan fingerprint density at radius 1 is 1.33 bits per heavy atom. The molecule has 0 saturated carbocycles. The summed E-state index contributed by atoms with van der Waals surface area (Å²) in [6.07, 6.45) is 1.27. The molecule has 0 aromatic heterocycles. The van der Waals surface area contributed by atoms with Gasteiger partial charge in [-0.1, -0.05) is 43.6 Å². The van der Waals surface area contributed by atoms with Crippen LogP contribution in [0, 0.1) is 11.3 Å². The van der Waals surface area contributed by atoms with Gasteiger partial charge in [0.2, 0.25) is 0 Å². The van der Waals surface area contributed by atoms with Gasteiger partial charge < -0.3 is 0 Å². The smallest absolute Gasteiger partial charge is 0.00364 e. The molecule has 0 aliphatic rings. The van der Waals surface area contributed by atoms with Crippen molar-refractivity contribution in [2.24, 2.45) is 11.3 Å². The summed E-state index contributed by atoms with van der Waals surface area (Å²) in [6, 6.07) is 0. The minimum absolute atomic E-state index is 0.503. The van der Waals surface area contributed by atoms with Crippen LogP contribution in [-0.2, 0) is 0 Å². The van der Waals surface area contributed by atoms with Crippen LogP contribution in [0.3, 0.4) is 0 Å². The van der Waals surface area contributed by atoms with Crippen molar-refractivity contribution in [1.29, 1.82) is 0 Å². The summed E-state index contributed by atoms with van der Waals surface area (Å²) in [7, 11) is 0.